The number of imidazole rings is 1. The van der Waals surface area contributed by atoms with Gasteiger partial charge in [0.1, 0.15) is 11.4 Å². The van der Waals surface area contributed by atoms with Gasteiger partial charge in [-0.25, -0.2) is 14.0 Å². The van der Waals surface area contributed by atoms with Crippen molar-refractivity contribution >= 4 is 17.1 Å². The molecular formula is C20H22FN3O3. The van der Waals surface area contributed by atoms with E-state index in [9.17, 15) is 14.0 Å². The molecule has 0 atom stereocenters. The molecule has 1 aromatic heterocycles. The second-order valence-electron chi connectivity index (χ2n) is 7.35. The number of hydrogen-bond acceptors (Lipinski definition) is 3. The number of ether oxygens (including phenoxy) is 1. The first-order valence-corrected chi connectivity index (χ1v) is 8.64. The maximum absolute atomic E-state index is 13.5. The van der Waals surface area contributed by atoms with Crippen molar-refractivity contribution in [2.24, 2.45) is 0 Å². The number of carbonyl (C=O) groups excluding carboxylic acids is 1. The Morgan fingerprint density at radius 2 is 1.81 bits per heavy atom. The molecule has 2 N–H and O–H groups in total. The number of H-pyrrole nitrogens is 1. The number of nitrogens with one attached hydrogen (secondary N) is 2. The highest BCUT2D eigenvalue weighted by molar-refractivity contribution is 5.75. The molecule has 0 aliphatic rings. The Hall–Kier alpha value is -3.09. The van der Waals surface area contributed by atoms with Crippen LogP contribution in [0.4, 0.5) is 9.18 Å². The fourth-order valence-electron chi connectivity index (χ4n) is 2.72. The van der Waals surface area contributed by atoms with Gasteiger partial charge in [-0.3, -0.25) is 4.57 Å². The van der Waals surface area contributed by atoms with Crippen LogP contribution >= 0.6 is 0 Å². The standard InChI is InChI=1S/C20H22FN3O3/c1-20(2,3)27-19(26)22-11-13-4-6-14(7-5-13)12-24-17-10-15(21)8-9-16(17)23-18(24)25/h4-10H,11-12H2,1-3H3,(H,22,26)(H,23,25). The molecule has 0 fully saturated rings. The van der Waals surface area contributed by atoms with Crippen molar-refractivity contribution in [2.75, 3.05) is 0 Å². The summed E-state index contributed by atoms with van der Waals surface area (Å²) in [6.45, 7) is 6.08. The van der Waals surface area contributed by atoms with Crippen molar-refractivity contribution in [2.45, 2.75) is 39.5 Å². The van der Waals surface area contributed by atoms with Gasteiger partial charge in [0.15, 0.2) is 0 Å². The maximum atomic E-state index is 13.5. The summed E-state index contributed by atoms with van der Waals surface area (Å²) in [6.07, 6.45) is -0.473. The third-order valence-electron chi connectivity index (χ3n) is 3.94. The summed E-state index contributed by atoms with van der Waals surface area (Å²) in [6, 6.07) is 11.7. The molecule has 0 unspecified atom stereocenters. The predicted octanol–water partition coefficient (Wildman–Crippen LogP) is 3.54. The Morgan fingerprint density at radius 1 is 1.15 bits per heavy atom. The predicted molar refractivity (Wildman–Crippen MR) is 101 cm³/mol. The van der Waals surface area contributed by atoms with Crippen LogP contribution in [-0.4, -0.2) is 21.2 Å². The Morgan fingerprint density at radius 3 is 2.48 bits per heavy atom. The molecule has 2 aromatic carbocycles. The lowest BCUT2D eigenvalue weighted by Crippen LogP contribution is -2.32. The Bertz CT molecular complexity index is 1010. The Labute approximate surface area is 156 Å². The van der Waals surface area contributed by atoms with Gasteiger partial charge in [-0.2, -0.15) is 0 Å². The molecular weight excluding hydrogens is 349 g/mol. The quantitative estimate of drug-likeness (QED) is 0.736. The van der Waals surface area contributed by atoms with Crippen LogP contribution in [-0.2, 0) is 17.8 Å². The summed E-state index contributed by atoms with van der Waals surface area (Å²) in [7, 11) is 0. The third-order valence-corrected chi connectivity index (χ3v) is 3.94. The minimum absolute atomic E-state index is 0.286. The summed E-state index contributed by atoms with van der Waals surface area (Å²) in [5.41, 5.74) is 2.09. The summed E-state index contributed by atoms with van der Waals surface area (Å²) in [5.74, 6) is -0.390. The first kappa shape index (κ1) is 18.7. The number of rotatable bonds is 4. The fourth-order valence-corrected chi connectivity index (χ4v) is 2.72. The average molecular weight is 371 g/mol. The van der Waals surface area contributed by atoms with Crippen LogP contribution in [0.3, 0.4) is 0 Å². The van der Waals surface area contributed by atoms with Crippen molar-refractivity contribution in [3.05, 3.63) is 69.9 Å². The molecule has 3 rings (SSSR count). The topological polar surface area (TPSA) is 76.1 Å². The molecule has 0 bridgehead atoms. The minimum atomic E-state index is -0.542. The SMILES string of the molecule is CC(C)(C)OC(=O)NCc1ccc(Cn2c(=O)[nH]c3ccc(F)cc32)cc1. The molecule has 0 saturated carbocycles. The lowest BCUT2D eigenvalue weighted by atomic mass is 10.1. The molecule has 0 radical (unpaired) electrons. The average Bonchev–Trinajstić information content (AvgIpc) is 2.88. The van der Waals surface area contributed by atoms with Crippen LogP contribution in [0.25, 0.3) is 11.0 Å². The van der Waals surface area contributed by atoms with Gasteiger partial charge in [0.05, 0.1) is 17.6 Å². The minimum Gasteiger partial charge on any atom is -0.444 e. The van der Waals surface area contributed by atoms with Gasteiger partial charge in [0.25, 0.3) is 0 Å². The van der Waals surface area contributed by atoms with Gasteiger partial charge in [0.2, 0.25) is 0 Å². The largest absolute Gasteiger partial charge is 0.444 e. The summed E-state index contributed by atoms with van der Waals surface area (Å²) in [5, 5.41) is 2.70. The highest BCUT2D eigenvalue weighted by atomic mass is 19.1. The van der Waals surface area contributed by atoms with E-state index in [-0.39, 0.29) is 11.5 Å². The first-order valence-electron chi connectivity index (χ1n) is 8.64. The number of hydrogen-bond donors (Lipinski definition) is 2. The molecule has 6 nitrogen and oxygen atoms in total. The van der Waals surface area contributed by atoms with E-state index in [2.05, 4.69) is 10.3 Å². The molecule has 27 heavy (non-hydrogen) atoms. The third kappa shape index (κ3) is 4.75. The van der Waals surface area contributed by atoms with Crippen LogP contribution in [0.2, 0.25) is 0 Å². The van der Waals surface area contributed by atoms with Gasteiger partial charge >= 0.3 is 11.8 Å². The van der Waals surface area contributed by atoms with Gasteiger partial charge in [-0.05, 0) is 50.1 Å². The summed E-state index contributed by atoms with van der Waals surface area (Å²) in [4.78, 5) is 26.5. The van der Waals surface area contributed by atoms with Gasteiger partial charge < -0.3 is 15.0 Å². The fraction of sp³-hybridized carbons (Fsp3) is 0.300. The Kier molecular flexibility index (Phi) is 5.03. The zero-order valence-corrected chi connectivity index (χ0v) is 15.5. The van der Waals surface area contributed by atoms with Crippen LogP contribution in [0.1, 0.15) is 31.9 Å². The van der Waals surface area contributed by atoms with E-state index in [1.165, 1.54) is 16.7 Å². The van der Waals surface area contributed by atoms with E-state index in [0.717, 1.165) is 11.1 Å². The zero-order chi connectivity index (χ0) is 19.6. The summed E-state index contributed by atoms with van der Waals surface area (Å²) >= 11 is 0. The smallest absolute Gasteiger partial charge is 0.407 e. The van der Waals surface area contributed by atoms with Gasteiger partial charge in [0, 0.05) is 6.54 Å². The number of benzene rings is 2. The first-order chi connectivity index (χ1) is 12.7. The van der Waals surface area contributed by atoms with Crippen molar-refractivity contribution < 1.29 is 13.9 Å². The molecule has 0 spiro atoms. The second-order valence-corrected chi connectivity index (χ2v) is 7.35. The molecule has 142 valence electrons. The van der Waals surface area contributed by atoms with E-state index < -0.39 is 11.7 Å². The summed E-state index contributed by atoms with van der Waals surface area (Å²) < 4.78 is 20.2. The number of amides is 1. The molecule has 0 aliphatic carbocycles. The monoisotopic (exact) mass is 371 g/mol. The molecule has 1 amide bonds. The van der Waals surface area contributed by atoms with Crippen LogP contribution in [0, 0.1) is 5.82 Å². The number of halogens is 1. The van der Waals surface area contributed by atoms with Crippen molar-refractivity contribution in [3.63, 3.8) is 0 Å². The van der Waals surface area contributed by atoms with E-state index in [1.54, 1.807) is 26.8 Å². The Balaban J connectivity index is 1.68. The zero-order valence-electron chi connectivity index (χ0n) is 15.5. The molecule has 1 heterocycles. The van der Waals surface area contributed by atoms with Gasteiger partial charge in [-0.15, -0.1) is 0 Å². The molecule has 3 aromatic rings. The number of aromatic amines is 1. The lowest BCUT2D eigenvalue weighted by Gasteiger charge is -2.19. The second kappa shape index (κ2) is 7.26. The maximum Gasteiger partial charge on any atom is 0.407 e. The van der Waals surface area contributed by atoms with Crippen molar-refractivity contribution in [3.8, 4) is 0 Å². The number of aromatic nitrogens is 2. The van der Waals surface area contributed by atoms with Crippen molar-refractivity contribution in [1.82, 2.24) is 14.9 Å². The highest BCUT2D eigenvalue weighted by Crippen LogP contribution is 2.14. The van der Waals surface area contributed by atoms with Crippen LogP contribution < -0.4 is 11.0 Å². The number of nitrogens with zero attached hydrogens (tertiary/aromatic N) is 1. The van der Waals surface area contributed by atoms with Crippen molar-refractivity contribution in [1.29, 1.82) is 0 Å². The van der Waals surface area contributed by atoms with Crippen LogP contribution in [0.15, 0.2) is 47.3 Å². The van der Waals surface area contributed by atoms with E-state index >= 15 is 0 Å². The molecule has 0 saturated heterocycles. The van der Waals surface area contributed by atoms with Crippen LogP contribution in [0.5, 0.6) is 0 Å². The van der Waals surface area contributed by atoms with E-state index in [0.29, 0.717) is 24.1 Å². The number of alkyl carbamates (subject to hydrolysis) is 1. The number of fused-ring (bicyclic) bond motifs is 1. The van der Waals surface area contributed by atoms with E-state index in [1.807, 2.05) is 24.3 Å². The number of carbonyl (C=O) groups is 1. The molecule has 0 aliphatic heterocycles. The molecule has 7 heteroatoms. The highest BCUT2D eigenvalue weighted by Gasteiger charge is 2.15. The normalized spacial score (nSPS) is 11.6. The lowest BCUT2D eigenvalue weighted by molar-refractivity contribution is 0.0523. The van der Waals surface area contributed by atoms with Gasteiger partial charge in [-0.1, -0.05) is 24.3 Å². The van der Waals surface area contributed by atoms with E-state index in [4.69, 9.17) is 4.74 Å².